The predicted octanol–water partition coefficient (Wildman–Crippen LogP) is 2.00. The van der Waals surface area contributed by atoms with Crippen molar-refractivity contribution in [1.82, 2.24) is 10.3 Å². The second-order valence-corrected chi connectivity index (χ2v) is 3.83. The van der Waals surface area contributed by atoms with Crippen molar-refractivity contribution < 1.29 is 9.53 Å². The molecule has 4 nitrogen and oxygen atoms in total. The summed E-state index contributed by atoms with van der Waals surface area (Å²) in [5.41, 5.74) is 1.48. The van der Waals surface area contributed by atoms with Crippen molar-refractivity contribution in [3.63, 3.8) is 0 Å². The molecule has 1 aromatic carbocycles. The molecule has 1 amide bonds. The van der Waals surface area contributed by atoms with E-state index in [1.54, 1.807) is 12.3 Å². The predicted molar refractivity (Wildman–Crippen MR) is 70.6 cm³/mol. The van der Waals surface area contributed by atoms with Crippen LogP contribution in [-0.4, -0.2) is 30.6 Å². The van der Waals surface area contributed by atoms with E-state index in [0.29, 0.717) is 25.3 Å². The number of pyridine rings is 1. The number of carbonyl (C=O) groups is 1. The summed E-state index contributed by atoms with van der Waals surface area (Å²) in [6.07, 6.45) is 1.65. The van der Waals surface area contributed by atoms with Crippen molar-refractivity contribution in [3.05, 3.63) is 42.1 Å². The summed E-state index contributed by atoms with van der Waals surface area (Å²) < 4.78 is 5.18. The number of benzene rings is 1. The summed E-state index contributed by atoms with van der Waals surface area (Å²) in [6.45, 7) is 3.64. The third-order valence-corrected chi connectivity index (χ3v) is 2.63. The lowest BCUT2D eigenvalue weighted by Crippen LogP contribution is -2.27. The first-order chi connectivity index (χ1) is 8.83. The number of rotatable bonds is 5. The third kappa shape index (κ3) is 2.84. The molecule has 0 aliphatic rings. The molecular weight excluding hydrogens is 228 g/mol. The molecule has 1 heterocycles. The van der Waals surface area contributed by atoms with Gasteiger partial charge in [0.1, 0.15) is 0 Å². The maximum absolute atomic E-state index is 12.0. The molecule has 0 saturated heterocycles. The molecule has 18 heavy (non-hydrogen) atoms. The Hall–Kier alpha value is -1.94. The molecule has 1 N–H and O–H groups in total. The number of para-hydroxylation sites is 1. The Labute approximate surface area is 106 Å². The largest absolute Gasteiger partial charge is 0.380 e. The summed E-state index contributed by atoms with van der Waals surface area (Å²) in [5.74, 6) is -0.0895. The lowest BCUT2D eigenvalue weighted by Gasteiger charge is -2.07. The molecule has 2 aromatic rings. The van der Waals surface area contributed by atoms with E-state index in [0.717, 1.165) is 10.9 Å². The van der Waals surface area contributed by atoms with E-state index in [2.05, 4.69) is 10.3 Å². The third-order valence-electron chi connectivity index (χ3n) is 2.63. The van der Waals surface area contributed by atoms with Gasteiger partial charge >= 0.3 is 0 Å². The summed E-state index contributed by atoms with van der Waals surface area (Å²) >= 11 is 0. The Kier molecular flexibility index (Phi) is 4.25. The van der Waals surface area contributed by atoms with Gasteiger partial charge in [-0.3, -0.25) is 9.78 Å². The van der Waals surface area contributed by atoms with Gasteiger partial charge in [0, 0.05) is 24.7 Å². The van der Waals surface area contributed by atoms with Crippen molar-refractivity contribution in [2.75, 3.05) is 19.8 Å². The number of carbonyl (C=O) groups excluding carboxylic acids is 1. The van der Waals surface area contributed by atoms with Crippen LogP contribution in [0, 0.1) is 0 Å². The Morgan fingerprint density at radius 1 is 1.33 bits per heavy atom. The molecule has 0 fully saturated rings. The van der Waals surface area contributed by atoms with Crippen LogP contribution in [0.15, 0.2) is 36.5 Å². The van der Waals surface area contributed by atoms with Gasteiger partial charge < -0.3 is 10.1 Å². The molecule has 2 rings (SSSR count). The van der Waals surface area contributed by atoms with Crippen LogP contribution < -0.4 is 5.32 Å². The highest BCUT2D eigenvalue weighted by Crippen LogP contribution is 2.15. The molecule has 0 aliphatic heterocycles. The highest BCUT2D eigenvalue weighted by Gasteiger charge is 2.09. The zero-order valence-electron chi connectivity index (χ0n) is 10.3. The molecule has 94 valence electrons. The van der Waals surface area contributed by atoms with E-state index >= 15 is 0 Å². The highest BCUT2D eigenvalue weighted by atomic mass is 16.5. The Morgan fingerprint density at radius 2 is 2.17 bits per heavy atom. The number of aromatic nitrogens is 1. The topological polar surface area (TPSA) is 51.2 Å². The lowest BCUT2D eigenvalue weighted by molar-refractivity contribution is 0.0924. The quantitative estimate of drug-likeness (QED) is 0.818. The van der Waals surface area contributed by atoms with Crippen molar-refractivity contribution in [2.45, 2.75) is 6.92 Å². The summed E-state index contributed by atoms with van der Waals surface area (Å²) in [5, 5.41) is 3.70. The van der Waals surface area contributed by atoms with Crippen molar-refractivity contribution in [3.8, 4) is 0 Å². The zero-order chi connectivity index (χ0) is 12.8. The second-order valence-electron chi connectivity index (χ2n) is 3.83. The first-order valence-corrected chi connectivity index (χ1v) is 6.02. The maximum atomic E-state index is 12.0. The first-order valence-electron chi connectivity index (χ1n) is 6.02. The van der Waals surface area contributed by atoms with Gasteiger partial charge in [-0.25, -0.2) is 0 Å². The molecule has 0 radical (unpaired) electrons. The number of hydrogen-bond acceptors (Lipinski definition) is 3. The lowest BCUT2D eigenvalue weighted by atomic mass is 10.1. The number of nitrogens with zero attached hydrogens (tertiary/aromatic N) is 1. The van der Waals surface area contributed by atoms with E-state index < -0.39 is 0 Å². The molecule has 0 aliphatic carbocycles. The van der Waals surface area contributed by atoms with E-state index in [9.17, 15) is 4.79 Å². The maximum Gasteiger partial charge on any atom is 0.252 e. The van der Waals surface area contributed by atoms with Gasteiger partial charge in [0.25, 0.3) is 5.91 Å². The normalized spacial score (nSPS) is 10.5. The number of nitrogens with one attached hydrogen (secondary N) is 1. The van der Waals surface area contributed by atoms with E-state index in [1.165, 1.54) is 0 Å². The Bertz CT molecular complexity index is 535. The number of fused-ring (bicyclic) bond motifs is 1. The minimum Gasteiger partial charge on any atom is -0.380 e. The van der Waals surface area contributed by atoms with Crippen LogP contribution in [0.2, 0.25) is 0 Å². The van der Waals surface area contributed by atoms with Crippen LogP contribution >= 0.6 is 0 Å². The summed E-state index contributed by atoms with van der Waals surface area (Å²) in [6, 6.07) is 9.34. The smallest absolute Gasteiger partial charge is 0.252 e. The van der Waals surface area contributed by atoms with Gasteiger partial charge in [0.2, 0.25) is 0 Å². The fourth-order valence-electron chi connectivity index (χ4n) is 1.77. The van der Waals surface area contributed by atoms with Crippen molar-refractivity contribution in [1.29, 1.82) is 0 Å². The number of hydrogen-bond donors (Lipinski definition) is 1. The van der Waals surface area contributed by atoms with Gasteiger partial charge in [-0.2, -0.15) is 0 Å². The summed E-state index contributed by atoms with van der Waals surface area (Å²) in [4.78, 5) is 16.3. The fraction of sp³-hybridized carbons (Fsp3) is 0.286. The monoisotopic (exact) mass is 244 g/mol. The number of amides is 1. The first kappa shape index (κ1) is 12.5. The van der Waals surface area contributed by atoms with Gasteiger partial charge in [0.15, 0.2) is 0 Å². The Morgan fingerprint density at radius 3 is 3.00 bits per heavy atom. The molecule has 0 unspecified atom stereocenters. The molecule has 0 spiro atoms. The van der Waals surface area contributed by atoms with Crippen LogP contribution in [0.5, 0.6) is 0 Å². The van der Waals surface area contributed by atoms with Crippen LogP contribution in [0.4, 0.5) is 0 Å². The molecular formula is C14H16N2O2. The molecule has 0 saturated carbocycles. The SMILES string of the molecule is CCOCCNC(=O)c1ccnc2ccccc12. The van der Waals surface area contributed by atoms with Crippen molar-refractivity contribution in [2.24, 2.45) is 0 Å². The van der Waals surface area contributed by atoms with E-state index in [1.807, 2.05) is 31.2 Å². The Balaban J connectivity index is 2.13. The highest BCUT2D eigenvalue weighted by molar-refractivity contribution is 6.05. The van der Waals surface area contributed by atoms with E-state index in [4.69, 9.17) is 4.74 Å². The van der Waals surface area contributed by atoms with Crippen molar-refractivity contribution >= 4 is 16.8 Å². The van der Waals surface area contributed by atoms with Crippen LogP contribution in [-0.2, 0) is 4.74 Å². The molecule has 4 heteroatoms. The molecule has 0 bridgehead atoms. The summed E-state index contributed by atoms with van der Waals surface area (Å²) in [7, 11) is 0. The fourth-order valence-corrected chi connectivity index (χ4v) is 1.77. The molecule has 1 aromatic heterocycles. The minimum atomic E-state index is -0.0895. The van der Waals surface area contributed by atoms with E-state index in [-0.39, 0.29) is 5.91 Å². The van der Waals surface area contributed by atoms with Crippen LogP contribution in [0.1, 0.15) is 17.3 Å². The van der Waals surface area contributed by atoms with Gasteiger partial charge in [-0.1, -0.05) is 18.2 Å². The number of ether oxygens (including phenoxy) is 1. The zero-order valence-corrected chi connectivity index (χ0v) is 10.3. The van der Waals surface area contributed by atoms with Crippen LogP contribution in [0.3, 0.4) is 0 Å². The van der Waals surface area contributed by atoms with Gasteiger partial charge in [-0.15, -0.1) is 0 Å². The minimum absolute atomic E-state index is 0.0895. The van der Waals surface area contributed by atoms with Crippen LogP contribution in [0.25, 0.3) is 10.9 Å². The second kappa shape index (κ2) is 6.12. The molecule has 0 atom stereocenters. The average Bonchev–Trinajstić information content (AvgIpc) is 2.43. The van der Waals surface area contributed by atoms with Gasteiger partial charge in [-0.05, 0) is 19.1 Å². The van der Waals surface area contributed by atoms with Gasteiger partial charge in [0.05, 0.1) is 17.7 Å². The average molecular weight is 244 g/mol. The standard InChI is InChI=1S/C14H16N2O2/c1-2-18-10-9-16-14(17)12-7-8-15-13-6-4-3-5-11(12)13/h3-8H,2,9-10H2,1H3,(H,16,17).